The van der Waals surface area contributed by atoms with Gasteiger partial charge in [-0.15, -0.1) is 12.4 Å². The van der Waals surface area contributed by atoms with Crippen LogP contribution in [0, 0.1) is 28.6 Å². The van der Waals surface area contributed by atoms with Crippen LogP contribution in [0.4, 0.5) is 0 Å². The first-order chi connectivity index (χ1) is 12.4. The first kappa shape index (κ1) is 20.6. The van der Waals surface area contributed by atoms with Gasteiger partial charge in [0.25, 0.3) is 0 Å². The molecule has 1 heterocycles. The van der Waals surface area contributed by atoms with Crippen molar-refractivity contribution in [2.75, 3.05) is 13.2 Å². The van der Waals surface area contributed by atoms with E-state index in [0.29, 0.717) is 37.7 Å². The number of carbonyl (C=O) groups excluding carboxylic acids is 2. The topological polar surface area (TPSA) is 91.0 Å². The molecule has 6 atom stereocenters. The van der Waals surface area contributed by atoms with Crippen molar-refractivity contribution >= 4 is 29.9 Å². The smallest absolute Gasteiger partial charge is 0.309 e. The van der Waals surface area contributed by atoms with E-state index in [9.17, 15) is 9.59 Å². The normalized spacial score (nSPS) is 44.6. The third-order valence-corrected chi connectivity index (χ3v) is 7.87. The zero-order valence-electron chi connectivity index (χ0n) is 16.2. The molecule has 6 nitrogen and oxygen atoms in total. The Hall–Kier alpha value is -1.14. The van der Waals surface area contributed by atoms with Crippen LogP contribution in [0.2, 0.25) is 0 Å². The van der Waals surface area contributed by atoms with Crippen LogP contribution in [0.25, 0.3) is 0 Å². The fourth-order valence-electron chi connectivity index (χ4n) is 6.20. The lowest BCUT2D eigenvalue weighted by Crippen LogP contribution is -2.60. The minimum absolute atomic E-state index is 0. The van der Waals surface area contributed by atoms with Crippen molar-refractivity contribution in [1.29, 1.82) is 0 Å². The third-order valence-electron chi connectivity index (χ3n) is 7.87. The molecule has 0 aromatic rings. The van der Waals surface area contributed by atoms with Crippen molar-refractivity contribution in [1.82, 2.24) is 0 Å². The maximum absolute atomic E-state index is 13.0. The second-order valence-corrected chi connectivity index (χ2v) is 9.07. The van der Waals surface area contributed by atoms with E-state index in [1.54, 1.807) is 0 Å². The molecule has 4 rings (SSSR count). The lowest BCUT2D eigenvalue weighted by molar-refractivity contribution is -0.202. The van der Waals surface area contributed by atoms with E-state index in [4.69, 9.17) is 15.3 Å². The maximum Gasteiger partial charge on any atom is 0.309 e. The molecule has 2 N–H and O–H groups in total. The van der Waals surface area contributed by atoms with Gasteiger partial charge in [0.05, 0.1) is 11.6 Å². The van der Waals surface area contributed by atoms with Gasteiger partial charge in [0.15, 0.2) is 0 Å². The lowest BCUT2D eigenvalue weighted by atomic mass is 9.50. The summed E-state index contributed by atoms with van der Waals surface area (Å²) in [4.78, 5) is 30.6. The summed E-state index contributed by atoms with van der Waals surface area (Å²) in [5.74, 6) is 0.600. The number of fused-ring (bicyclic) bond motifs is 5. The molecule has 3 aliphatic carbocycles. The van der Waals surface area contributed by atoms with Crippen molar-refractivity contribution in [2.45, 2.75) is 64.9 Å². The van der Waals surface area contributed by atoms with Gasteiger partial charge in [0.1, 0.15) is 18.5 Å². The molecule has 0 amide bonds. The number of hydrogen-bond acceptors (Lipinski definition) is 6. The summed E-state index contributed by atoms with van der Waals surface area (Å²) in [5.41, 5.74) is 6.05. The van der Waals surface area contributed by atoms with Gasteiger partial charge in [-0.2, -0.15) is 0 Å². The molecule has 0 bridgehead atoms. The molecule has 0 aromatic heterocycles. The zero-order valence-corrected chi connectivity index (χ0v) is 17.1. The highest BCUT2D eigenvalue weighted by Gasteiger charge is 2.64. The number of carbonyl (C=O) groups is 2. The van der Waals surface area contributed by atoms with Crippen LogP contribution >= 0.6 is 12.4 Å². The van der Waals surface area contributed by atoms with Crippen LogP contribution < -0.4 is 5.73 Å². The predicted octanol–water partition coefficient (Wildman–Crippen LogP) is 2.87. The van der Waals surface area contributed by atoms with E-state index in [0.717, 1.165) is 37.8 Å². The number of ketones is 1. The van der Waals surface area contributed by atoms with Gasteiger partial charge in [-0.3, -0.25) is 9.59 Å². The summed E-state index contributed by atoms with van der Waals surface area (Å²) >= 11 is 0. The maximum atomic E-state index is 13.0. The molecule has 1 unspecified atom stereocenters. The number of rotatable bonds is 3. The van der Waals surface area contributed by atoms with Gasteiger partial charge in [0, 0.05) is 30.2 Å². The van der Waals surface area contributed by atoms with Crippen molar-refractivity contribution in [3.8, 4) is 0 Å². The molecule has 0 spiro atoms. The summed E-state index contributed by atoms with van der Waals surface area (Å²) < 4.78 is 5.98. The summed E-state index contributed by atoms with van der Waals surface area (Å²) in [7, 11) is 0. The molecule has 1 aliphatic heterocycles. The Kier molecular flexibility index (Phi) is 5.61. The highest BCUT2D eigenvalue weighted by molar-refractivity contribution is 5.89. The Bertz CT molecular complexity index is 654. The molecule has 1 saturated heterocycles. The number of nitrogens with zero attached hydrogens (tertiary/aromatic N) is 1. The number of hydrogen-bond donors (Lipinski definition) is 1. The standard InChI is InChI=1S/C20H30N2O4.ClH/c1-19-8-6-14-17(13(19)3-4-15(19)23)18(24)26-16-11-12(22-25-10-9-21)5-7-20(14,16)2;/h13-14,16-17H,3-11,21H2,1-2H3;1H/t13-,14+,16?,17-,19-,20+;/m0./s1. The minimum Gasteiger partial charge on any atom is -0.461 e. The number of ether oxygens (including phenoxy) is 1. The highest BCUT2D eigenvalue weighted by atomic mass is 35.5. The van der Waals surface area contributed by atoms with Gasteiger partial charge in [-0.25, -0.2) is 0 Å². The van der Waals surface area contributed by atoms with Crippen molar-refractivity contribution < 1.29 is 19.2 Å². The Morgan fingerprint density at radius 3 is 2.70 bits per heavy atom. The number of halogens is 1. The quantitative estimate of drug-likeness (QED) is 0.448. The van der Waals surface area contributed by atoms with E-state index in [1.807, 2.05) is 0 Å². The molecule has 4 fully saturated rings. The third kappa shape index (κ3) is 3.09. The largest absolute Gasteiger partial charge is 0.461 e. The van der Waals surface area contributed by atoms with Crippen molar-refractivity contribution in [3.63, 3.8) is 0 Å². The van der Waals surface area contributed by atoms with Crippen LogP contribution in [0.3, 0.4) is 0 Å². The van der Waals surface area contributed by atoms with E-state index in [2.05, 4.69) is 19.0 Å². The van der Waals surface area contributed by atoms with Crippen LogP contribution in [-0.2, 0) is 19.2 Å². The van der Waals surface area contributed by atoms with Gasteiger partial charge < -0.3 is 15.3 Å². The average Bonchev–Trinajstić information content (AvgIpc) is 2.92. The van der Waals surface area contributed by atoms with Crippen molar-refractivity contribution in [2.24, 2.45) is 39.5 Å². The van der Waals surface area contributed by atoms with Crippen molar-refractivity contribution in [3.05, 3.63) is 0 Å². The van der Waals surface area contributed by atoms with Crippen LogP contribution in [0.15, 0.2) is 5.16 Å². The van der Waals surface area contributed by atoms with E-state index in [1.165, 1.54) is 0 Å². The van der Waals surface area contributed by atoms with Gasteiger partial charge in [-0.05, 0) is 43.9 Å². The average molecular weight is 399 g/mol. The van der Waals surface area contributed by atoms with E-state index < -0.39 is 0 Å². The summed E-state index contributed by atoms with van der Waals surface area (Å²) in [6, 6.07) is 0. The van der Waals surface area contributed by atoms with Crippen LogP contribution in [0.5, 0.6) is 0 Å². The highest BCUT2D eigenvalue weighted by Crippen LogP contribution is 2.62. The molecule has 0 aromatic carbocycles. The Balaban J connectivity index is 0.00000210. The Morgan fingerprint density at radius 2 is 1.96 bits per heavy atom. The van der Waals surface area contributed by atoms with E-state index >= 15 is 0 Å². The summed E-state index contributed by atoms with van der Waals surface area (Å²) in [6.45, 7) is 5.20. The van der Waals surface area contributed by atoms with Crippen LogP contribution in [0.1, 0.15) is 58.8 Å². The number of nitrogens with two attached hydrogens (primary N) is 1. The number of oxime groups is 1. The zero-order chi connectivity index (χ0) is 18.5. The van der Waals surface area contributed by atoms with Gasteiger partial charge >= 0.3 is 5.97 Å². The number of Topliss-reactive ketones (excluding diaryl/α,β-unsaturated/α-hetero) is 1. The second-order valence-electron chi connectivity index (χ2n) is 9.07. The molecular formula is C20H31ClN2O4. The predicted molar refractivity (Wildman–Crippen MR) is 104 cm³/mol. The second kappa shape index (κ2) is 7.36. The first-order valence-electron chi connectivity index (χ1n) is 10.0. The SMILES string of the molecule is C[C@]12CCC(=NOCCN)CC1OC(=O)[C@@H]1[C@H]2CC[C@]2(C)C(=O)CC[C@@H]12.Cl. The van der Waals surface area contributed by atoms with Crippen LogP contribution in [-0.4, -0.2) is 36.7 Å². The molecule has 152 valence electrons. The van der Waals surface area contributed by atoms with Gasteiger partial charge in [-0.1, -0.05) is 19.0 Å². The molecule has 27 heavy (non-hydrogen) atoms. The molecule has 3 saturated carbocycles. The monoisotopic (exact) mass is 398 g/mol. The lowest BCUT2D eigenvalue weighted by Gasteiger charge is -2.57. The molecular weight excluding hydrogens is 368 g/mol. The fourth-order valence-corrected chi connectivity index (χ4v) is 6.20. The van der Waals surface area contributed by atoms with E-state index in [-0.39, 0.29) is 47.1 Å². The Morgan fingerprint density at radius 1 is 1.19 bits per heavy atom. The molecule has 7 heteroatoms. The number of esters is 1. The van der Waals surface area contributed by atoms with Gasteiger partial charge in [0.2, 0.25) is 0 Å². The molecule has 4 aliphatic rings. The summed E-state index contributed by atoms with van der Waals surface area (Å²) in [6.07, 6.45) is 5.66. The Labute approximate surface area is 167 Å². The first-order valence-corrected chi connectivity index (χ1v) is 10.0. The molecule has 0 radical (unpaired) electrons. The summed E-state index contributed by atoms with van der Waals surface area (Å²) in [5, 5.41) is 4.20. The minimum atomic E-state index is -0.319. The fraction of sp³-hybridized carbons (Fsp3) is 0.850.